The molecule has 0 spiro atoms. The number of thiophene rings is 2. The highest BCUT2D eigenvalue weighted by molar-refractivity contribution is 7.15. The van der Waals surface area contributed by atoms with Crippen LogP contribution in [0.15, 0.2) is 24.3 Å². The first kappa shape index (κ1) is 36.9. The number of aldehydes is 1. The van der Waals surface area contributed by atoms with Crippen molar-refractivity contribution in [2.45, 2.75) is 129 Å². The molecule has 11 nitrogen and oxygen atoms in total. The predicted octanol–water partition coefficient (Wildman–Crippen LogP) is 7.18. The predicted molar refractivity (Wildman–Crippen MR) is 189 cm³/mol. The molecule has 1 aliphatic carbocycles. The molecule has 2 aliphatic heterocycles. The molecule has 3 atom stereocenters. The summed E-state index contributed by atoms with van der Waals surface area (Å²) in [5.41, 5.74) is 0. The maximum Gasteiger partial charge on any atom is 0.308 e. The molecule has 49 heavy (non-hydrogen) atoms. The van der Waals surface area contributed by atoms with Gasteiger partial charge in [0.1, 0.15) is 11.6 Å². The lowest BCUT2D eigenvalue weighted by Gasteiger charge is -2.40. The number of aryl methyl sites for hydroxylation is 1. The van der Waals surface area contributed by atoms with Gasteiger partial charge in [-0.3, -0.25) is 24.1 Å². The van der Waals surface area contributed by atoms with Gasteiger partial charge in [-0.1, -0.05) is 44.4 Å². The second-order valence-corrected chi connectivity index (χ2v) is 15.8. The Bertz CT molecular complexity index is 1580. The van der Waals surface area contributed by atoms with Crippen LogP contribution < -0.4 is 14.8 Å². The van der Waals surface area contributed by atoms with E-state index in [4.69, 9.17) is 9.47 Å². The number of fused-ring (bicyclic) bond motifs is 2. The minimum Gasteiger partial charge on any atom is -0.416 e. The minimum atomic E-state index is -0.371. The van der Waals surface area contributed by atoms with Crippen LogP contribution in [0.3, 0.4) is 0 Å². The normalized spacial score (nSPS) is 21.5. The maximum absolute atomic E-state index is 13.2. The van der Waals surface area contributed by atoms with Crippen molar-refractivity contribution in [3.05, 3.63) is 45.7 Å². The van der Waals surface area contributed by atoms with Crippen LogP contribution in [-0.4, -0.2) is 62.4 Å². The van der Waals surface area contributed by atoms with E-state index in [1.807, 2.05) is 12.1 Å². The van der Waals surface area contributed by atoms with E-state index in [1.165, 1.54) is 44.4 Å². The van der Waals surface area contributed by atoms with Crippen LogP contribution in [0.25, 0.3) is 0 Å². The summed E-state index contributed by atoms with van der Waals surface area (Å²) in [6.45, 7) is 10.2. The zero-order valence-electron chi connectivity index (χ0n) is 29.2. The molecule has 3 aromatic rings. The number of nitrogens with one attached hydrogen (secondary N) is 1. The fourth-order valence-electron chi connectivity index (χ4n) is 7.58. The zero-order valence-corrected chi connectivity index (χ0v) is 30.8. The van der Waals surface area contributed by atoms with Crippen molar-refractivity contribution in [1.82, 2.24) is 25.0 Å². The molecule has 5 heterocycles. The molecule has 13 heteroatoms. The van der Waals surface area contributed by atoms with E-state index in [1.54, 1.807) is 12.1 Å². The Morgan fingerprint density at radius 1 is 0.898 bits per heavy atom. The summed E-state index contributed by atoms with van der Waals surface area (Å²) in [4.78, 5) is 49.6. The smallest absolute Gasteiger partial charge is 0.308 e. The van der Waals surface area contributed by atoms with Crippen LogP contribution in [0.4, 0.5) is 0 Å². The second-order valence-electron chi connectivity index (χ2n) is 13.7. The van der Waals surface area contributed by atoms with E-state index in [-0.39, 0.29) is 29.8 Å². The van der Waals surface area contributed by atoms with E-state index in [2.05, 4.69) is 45.8 Å². The van der Waals surface area contributed by atoms with Crippen molar-refractivity contribution in [2.75, 3.05) is 6.54 Å². The molecule has 2 saturated heterocycles. The summed E-state index contributed by atoms with van der Waals surface area (Å²) in [5, 5.41) is 13.4. The van der Waals surface area contributed by atoms with Crippen molar-refractivity contribution < 1.29 is 28.7 Å². The van der Waals surface area contributed by atoms with E-state index >= 15 is 0 Å². The molecule has 1 amide bonds. The van der Waals surface area contributed by atoms with Gasteiger partial charge in [-0.2, -0.15) is 0 Å². The first-order valence-corrected chi connectivity index (χ1v) is 19.1. The van der Waals surface area contributed by atoms with Gasteiger partial charge in [0.05, 0.1) is 10.9 Å². The first-order chi connectivity index (χ1) is 23.5. The number of aromatic nitrogens is 3. The number of carbonyl (C=O) groups excluding carboxylic acids is 4. The molecule has 3 fully saturated rings. The Morgan fingerprint density at radius 2 is 1.53 bits per heavy atom. The Morgan fingerprint density at radius 3 is 2.12 bits per heavy atom. The van der Waals surface area contributed by atoms with E-state index in [0.29, 0.717) is 39.0 Å². The first-order valence-electron chi connectivity index (χ1n) is 17.5. The van der Waals surface area contributed by atoms with Crippen LogP contribution in [0.5, 0.6) is 10.1 Å². The van der Waals surface area contributed by atoms with Crippen molar-refractivity contribution >= 4 is 46.8 Å². The monoisotopic (exact) mass is 711 g/mol. The molecule has 1 N–H and O–H groups in total. The highest BCUT2D eigenvalue weighted by Gasteiger charge is 2.42. The fraction of sp³-hybridized carbons (Fsp3) is 0.611. The molecule has 3 aliphatic rings. The van der Waals surface area contributed by atoms with E-state index in [0.717, 1.165) is 85.6 Å². The summed E-state index contributed by atoms with van der Waals surface area (Å²) in [5.74, 6) is 2.11. The van der Waals surface area contributed by atoms with Crippen LogP contribution in [0.2, 0.25) is 0 Å². The van der Waals surface area contributed by atoms with Crippen LogP contribution in [-0.2, 0) is 14.4 Å². The zero-order chi connectivity index (χ0) is 35.1. The number of esters is 2. The third kappa shape index (κ3) is 9.64. The van der Waals surface area contributed by atoms with Gasteiger partial charge in [0, 0.05) is 55.2 Å². The Kier molecular flexibility index (Phi) is 12.8. The number of hydrogen-bond donors (Lipinski definition) is 1. The van der Waals surface area contributed by atoms with Crippen molar-refractivity contribution in [2.24, 2.45) is 5.92 Å². The lowest BCUT2D eigenvalue weighted by molar-refractivity contribution is -0.132. The third-order valence-electron chi connectivity index (χ3n) is 9.75. The van der Waals surface area contributed by atoms with Gasteiger partial charge < -0.3 is 19.4 Å². The summed E-state index contributed by atoms with van der Waals surface area (Å²) >= 11 is 2.62. The Labute approximate surface area is 296 Å². The molecule has 266 valence electrons. The molecule has 1 saturated carbocycles. The summed E-state index contributed by atoms with van der Waals surface area (Å²) in [6, 6.07) is 8.56. The average Bonchev–Trinajstić information content (AvgIpc) is 3.86. The number of amides is 1. The summed E-state index contributed by atoms with van der Waals surface area (Å²) in [6.07, 6.45) is 11.8. The Balaban J connectivity index is 0.000000363. The quantitative estimate of drug-likeness (QED) is 0.162. The highest BCUT2D eigenvalue weighted by atomic mass is 32.1. The van der Waals surface area contributed by atoms with Gasteiger partial charge in [0.15, 0.2) is 16.4 Å². The average molecular weight is 712 g/mol. The molecule has 6 rings (SSSR count). The van der Waals surface area contributed by atoms with Crippen molar-refractivity contribution in [3.63, 3.8) is 0 Å². The van der Waals surface area contributed by atoms with Crippen LogP contribution in [0, 0.1) is 12.8 Å². The van der Waals surface area contributed by atoms with Gasteiger partial charge in [-0.25, -0.2) is 0 Å². The maximum atomic E-state index is 13.2. The number of nitrogens with zero attached hydrogens (tertiary/aromatic N) is 4. The SMILES string of the molecule is CC(=O)Oc1ccc(C=O)s1.CC(=O)Oc1ccc([C@H](CCN2C3CCC2CC(n2c(C)nnc2C(C)C)C3)NC(=O)C2CCCCC2)s1. The van der Waals surface area contributed by atoms with Gasteiger partial charge in [0.2, 0.25) is 5.91 Å². The second kappa shape index (κ2) is 17.0. The van der Waals surface area contributed by atoms with Crippen LogP contribution in [0.1, 0.15) is 136 Å². The standard InChI is InChI=1S/C29H43N5O3S.C7H6O3S/c1-18(2)28-32-31-19(3)34(28)24-16-22-10-11-23(17-24)33(22)15-14-25(26-12-13-27(38-26)37-20(4)35)30-29(36)21-8-6-5-7-9-21;1-5(9)10-7-3-2-6(4-8)11-7/h12-13,18,21-25H,5-11,14-17H2,1-4H3,(H,30,36);2-4H,1H3/t22?,23?,24?,25-;/m0./s1. The molecule has 0 radical (unpaired) electrons. The molecule has 2 unspecified atom stereocenters. The molecular weight excluding hydrogens is 663 g/mol. The Hall–Kier alpha value is -3.42. The number of ether oxygens (including phenoxy) is 2. The lowest BCUT2D eigenvalue weighted by atomic mass is 9.88. The van der Waals surface area contributed by atoms with Crippen molar-refractivity contribution in [1.29, 1.82) is 0 Å². The minimum absolute atomic E-state index is 0.0662. The van der Waals surface area contributed by atoms with Crippen molar-refractivity contribution in [3.8, 4) is 10.1 Å². The van der Waals surface area contributed by atoms with Gasteiger partial charge >= 0.3 is 11.9 Å². The summed E-state index contributed by atoms with van der Waals surface area (Å²) < 4.78 is 12.5. The van der Waals surface area contributed by atoms with Crippen LogP contribution >= 0.6 is 22.7 Å². The van der Waals surface area contributed by atoms with E-state index < -0.39 is 0 Å². The van der Waals surface area contributed by atoms with E-state index in [9.17, 15) is 19.2 Å². The lowest BCUT2D eigenvalue weighted by Crippen LogP contribution is -2.45. The van der Waals surface area contributed by atoms with Gasteiger partial charge in [0.25, 0.3) is 0 Å². The number of carbonyl (C=O) groups is 4. The molecule has 2 bridgehead atoms. The fourth-order valence-corrected chi connectivity index (χ4v) is 9.28. The largest absolute Gasteiger partial charge is 0.416 e. The topological polar surface area (TPSA) is 133 Å². The number of rotatable bonds is 11. The third-order valence-corrected chi connectivity index (χ3v) is 11.7. The number of piperidine rings is 1. The molecule has 0 aromatic carbocycles. The number of hydrogen-bond acceptors (Lipinski definition) is 11. The van der Waals surface area contributed by atoms with Gasteiger partial charge in [-0.05, 0) is 76.1 Å². The highest BCUT2D eigenvalue weighted by Crippen LogP contribution is 2.43. The van der Waals surface area contributed by atoms with Gasteiger partial charge in [-0.15, -0.1) is 21.5 Å². The molecule has 3 aromatic heterocycles. The summed E-state index contributed by atoms with van der Waals surface area (Å²) in [7, 11) is 0. The molecular formula is C36H49N5O6S2.